The Balaban J connectivity index is 1.67. The van der Waals surface area contributed by atoms with E-state index >= 15 is 0 Å². The maximum absolute atomic E-state index is 12.5. The van der Waals surface area contributed by atoms with Gasteiger partial charge in [-0.15, -0.1) is 11.3 Å². The first-order chi connectivity index (χ1) is 14.9. The highest BCUT2D eigenvalue weighted by Crippen LogP contribution is 2.35. The minimum Gasteiger partial charge on any atom is -0.494 e. The number of thiazole rings is 1. The number of benzene rings is 2. The second-order valence-electron chi connectivity index (χ2n) is 6.65. The molecule has 1 N–H and O–H groups in total. The first-order valence-corrected chi connectivity index (χ1v) is 12.1. The quantitative estimate of drug-likeness (QED) is 0.489. The van der Waals surface area contributed by atoms with Crippen LogP contribution in [0.3, 0.4) is 0 Å². The lowest BCUT2D eigenvalue weighted by molar-refractivity contribution is 0.340. The lowest BCUT2D eigenvalue weighted by Crippen LogP contribution is -2.25. The Kier molecular flexibility index (Phi) is 7.53. The molecule has 0 radical (unpaired) electrons. The van der Waals surface area contributed by atoms with Gasteiger partial charge in [0.05, 0.1) is 31.4 Å². The molecule has 31 heavy (non-hydrogen) atoms. The molecule has 1 heterocycles. The normalized spacial score (nSPS) is 11.4. The Morgan fingerprint density at radius 1 is 1.03 bits per heavy atom. The van der Waals surface area contributed by atoms with Gasteiger partial charge in [-0.3, -0.25) is 0 Å². The molecule has 9 heteroatoms. The third-order valence-electron chi connectivity index (χ3n) is 4.61. The van der Waals surface area contributed by atoms with Gasteiger partial charge in [0.15, 0.2) is 11.5 Å². The van der Waals surface area contributed by atoms with Crippen LogP contribution < -0.4 is 18.9 Å². The van der Waals surface area contributed by atoms with Crippen LogP contribution in [0, 0.1) is 6.92 Å². The van der Waals surface area contributed by atoms with Gasteiger partial charge in [0.25, 0.3) is 0 Å². The summed E-state index contributed by atoms with van der Waals surface area (Å²) in [5.41, 5.74) is 1.81. The molecule has 3 rings (SSSR count). The van der Waals surface area contributed by atoms with Crippen molar-refractivity contribution in [1.82, 2.24) is 9.71 Å². The maximum atomic E-state index is 12.5. The summed E-state index contributed by atoms with van der Waals surface area (Å²) in [7, 11) is -0.400. The van der Waals surface area contributed by atoms with Crippen molar-refractivity contribution in [2.75, 3.05) is 27.4 Å². The van der Waals surface area contributed by atoms with E-state index in [-0.39, 0.29) is 11.4 Å². The second kappa shape index (κ2) is 10.1. The van der Waals surface area contributed by atoms with Crippen LogP contribution in [-0.2, 0) is 16.4 Å². The van der Waals surface area contributed by atoms with Crippen molar-refractivity contribution in [2.24, 2.45) is 0 Å². The largest absolute Gasteiger partial charge is 0.494 e. The minimum absolute atomic E-state index is 0.211. The molecule has 0 saturated carbocycles. The highest BCUT2D eigenvalue weighted by atomic mass is 32.2. The monoisotopic (exact) mass is 462 g/mol. The fraction of sp³-hybridized carbons (Fsp3) is 0.318. The Bertz CT molecular complexity index is 1130. The molecule has 0 unspecified atom stereocenters. The van der Waals surface area contributed by atoms with E-state index in [0.29, 0.717) is 30.3 Å². The molecule has 0 bridgehead atoms. The average molecular weight is 463 g/mol. The molecule has 0 aliphatic carbocycles. The third-order valence-corrected chi connectivity index (χ3v) is 7.36. The van der Waals surface area contributed by atoms with Crippen molar-refractivity contribution >= 4 is 21.4 Å². The van der Waals surface area contributed by atoms with Crippen molar-refractivity contribution < 1.29 is 22.6 Å². The number of rotatable bonds is 10. The van der Waals surface area contributed by atoms with E-state index in [4.69, 9.17) is 14.2 Å². The lowest BCUT2D eigenvalue weighted by Gasteiger charge is -2.08. The van der Waals surface area contributed by atoms with Crippen molar-refractivity contribution in [3.63, 3.8) is 0 Å². The zero-order chi connectivity index (χ0) is 22.4. The molecule has 1 aromatic heterocycles. The molecular weight excluding hydrogens is 436 g/mol. The summed E-state index contributed by atoms with van der Waals surface area (Å²) in [5.74, 6) is 1.94. The van der Waals surface area contributed by atoms with Gasteiger partial charge in [0, 0.05) is 17.0 Å². The summed E-state index contributed by atoms with van der Waals surface area (Å²) in [6.07, 6.45) is 0.549. The van der Waals surface area contributed by atoms with Crippen molar-refractivity contribution in [2.45, 2.75) is 25.2 Å². The van der Waals surface area contributed by atoms with Crippen LogP contribution in [0.4, 0.5) is 0 Å². The highest BCUT2D eigenvalue weighted by molar-refractivity contribution is 7.89. The topological polar surface area (TPSA) is 86.8 Å². The van der Waals surface area contributed by atoms with Crippen LogP contribution in [0.1, 0.15) is 17.5 Å². The standard InChI is InChI=1S/C22H26N2O5S2/c1-5-29-17-7-9-18(10-8-17)31(25,26)23-13-12-21-15(2)24-22(30-21)16-6-11-19(27-3)20(14-16)28-4/h6-11,14,23H,5,12-13H2,1-4H3. The van der Waals surface area contributed by atoms with E-state index in [2.05, 4.69) is 9.71 Å². The number of nitrogens with one attached hydrogen (secondary N) is 1. The molecule has 0 aliphatic heterocycles. The van der Waals surface area contributed by atoms with Gasteiger partial charge in [0.1, 0.15) is 10.8 Å². The molecule has 0 spiro atoms. The first kappa shape index (κ1) is 23.1. The van der Waals surface area contributed by atoms with Gasteiger partial charge in [-0.05, 0) is 62.7 Å². The fourth-order valence-electron chi connectivity index (χ4n) is 3.02. The highest BCUT2D eigenvalue weighted by Gasteiger charge is 2.16. The Labute approximate surface area is 187 Å². The molecule has 166 valence electrons. The van der Waals surface area contributed by atoms with Crippen molar-refractivity contribution in [1.29, 1.82) is 0 Å². The van der Waals surface area contributed by atoms with Crippen molar-refractivity contribution in [3.8, 4) is 27.8 Å². The van der Waals surface area contributed by atoms with Crippen LogP contribution >= 0.6 is 11.3 Å². The van der Waals surface area contributed by atoms with Crippen molar-refractivity contribution in [3.05, 3.63) is 53.0 Å². The predicted molar refractivity (Wildman–Crippen MR) is 122 cm³/mol. The van der Waals surface area contributed by atoms with Crippen LogP contribution in [0.5, 0.6) is 17.2 Å². The number of sulfonamides is 1. The number of nitrogens with zero attached hydrogens (tertiary/aromatic N) is 1. The van der Waals surface area contributed by atoms with E-state index in [1.54, 1.807) is 49.8 Å². The number of hydrogen-bond acceptors (Lipinski definition) is 7. The summed E-state index contributed by atoms with van der Waals surface area (Å²) in [6, 6.07) is 12.0. The smallest absolute Gasteiger partial charge is 0.240 e. The molecule has 7 nitrogen and oxygen atoms in total. The summed E-state index contributed by atoms with van der Waals surface area (Å²) in [5, 5.41) is 0.850. The van der Waals surface area contributed by atoms with Crippen LogP contribution in [-0.4, -0.2) is 40.8 Å². The summed E-state index contributed by atoms with van der Waals surface area (Å²) in [4.78, 5) is 5.88. The molecule has 0 saturated heterocycles. The van der Waals surface area contributed by atoms with E-state index in [1.165, 1.54) is 0 Å². The number of aromatic nitrogens is 1. The Hall–Kier alpha value is -2.62. The third kappa shape index (κ3) is 5.55. The van der Waals surface area contributed by atoms with Gasteiger partial charge in [-0.2, -0.15) is 0 Å². The molecule has 3 aromatic rings. The van der Waals surface area contributed by atoms with E-state index < -0.39 is 10.0 Å². The zero-order valence-electron chi connectivity index (χ0n) is 18.0. The van der Waals surface area contributed by atoms with E-state index in [9.17, 15) is 8.42 Å². The minimum atomic E-state index is -3.59. The summed E-state index contributed by atoms with van der Waals surface area (Å²) < 4.78 is 43.8. The first-order valence-electron chi connectivity index (χ1n) is 9.79. The maximum Gasteiger partial charge on any atom is 0.240 e. The lowest BCUT2D eigenvalue weighted by atomic mass is 10.2. The summed E-state index contributed by atoms with van der Waals surface area (Å²) >= 11 is 1.54. The number of methoxy groups -OCH3 is 2. The molecule has 0 aliphatic rings. The number of aryl methyl sites for hydroxylation is 1. The zero-order valence-corrected chi connectivity index (χ0v) is 19.6. The van der Waals surface area contributed by atoms with Gasteiger partial charge in [0.2, 0.25) is 10.0 Å². The Morgan fingerprint density at radius 3 is 2.39 bits per heavy atom. The van der Waals surface area contributed by atoms with E-state index in [0.717, 1.165) is 21.1 Å². The van der Waals surface area contributed by atoms with Gasteiger partial charge < -0.3 is 14.2 Å². The van der Waals surface area contributed by atoms with Crippen LogP contribution in [0.25, 0.3) is 10.6 Å². The fourth-order valence-corrected chi connectivity index (χ4v) is 5.11. The molecular formula is C22H26N2O5S2. The van der Waals surface area contributed by atoms with Crippen LogP contribution in [0.15, 0.2) is 47.4 Å². The number of ether oxygens (including phenoxy) is 3. The van der Waals surface area contributed by atoms with Crippen LogP contribution in [0.2, 0.25) is 0 Å². The van der Waals surface area contributed by atoms with E-state index in [1.807, 2.05) is 32.0 Å². The molecule has 2 aromatic carbocycles. The van der Waals surface area contributed by atoms with Gasteiger partial charge in [-0.1, -0.05) is 0 Å². The Morgan fingerprint density at radius 2 is 1.74 bits per heavy atom. The van der Waals surface area contributed by atoms with Gasteiger partial charge in [-0.25, -0.2) is 18.1 Å². The molecule has 0 amide bonds. The SMILES string of the molecule is CCOc1ccc(S(=O)(=O)NCCc2sc(-c3ccc(OC)c(OC)c3)nc2C)cc1. The molecule has 0 atom stereocenters. The number of hydrogen-bond donors (Lipinski definition) is 1. The summed E-state index contributed by atoms with van der Waals surface area (Å²) in [6.45, 7) is 4.62. The molecule has 0 fully saturated rings. The predicted octanol–water partition coefficient (Wildman–Crippen LogP) is 4.06. The van der Waals surface area contributed by atoms with Gasteiger partial charge >= 0.3 is 0 Å². The average Bonchev–Trinajstić information content (AvgIpc) is 3.14. The second-order valence-corrected chi connectivity index (χ2v) is 9.50.